The molecular weight excluding hydrogens is 619 g/mol. The number of benzene rings is 1. The molecule has 0 spiro atoms. The maximum absolute atomic E-state index is 13.8. The molecule has 0 saturated carbocycles. The maximum atomic E-state index is 13.8. The first-order chi connectivity index (χ1) is 21.4. The Hall–Kier alpha value is -3.76. The van der Waals surface area contributed by atoms with Gasteiger partial charge < -0.3 is 26.0 Å². The first-order valence-corrected chi connectivity index (χ1v) is 15.4. The van der Waals surface area contributed by atoms with E-state index in [4.69, 9.17) is 10.5 Å². The molecule has 16 heteroatoms. The van der Waals surface area contributed by atoms with Gasteiger partial charge in [-0.05, 0) is 50.3 Å². The predicted molar refractivity (Wildman–Crippen MR) is 163 cm³/mol. The topological polar surface area (TPSA) is 112 Å². The highest BCUT2D eigenvalue weighted by Crippen LogP contribution is 2.38. The number of alkyl halides is 5. The number of carbonyl (C=O) groups is 1. The molecule has 2 aliphatic heterocycles. The predicted octanol–water partition coefficient (Wildman–Crippen LogP) is 5.74. The molecule has 5 rings (SSSR count). The van der Waals surface area contributed by atoms with Gasteiger partial charge in [0.15, 0.2) is 5.75 Å². The van der Waals surface area contributed by atoms with Gasteiger partial charge in [-0.1, -0.05) is 0 Å². The minimum Gasteiger partial charge on any atom is -0.433 e. The Morgan fingerprint density at radius 2 is 1.76 bits per heavy atom. The van der Waals surface area contributed by atoms with Crippen molar-refractivity contribution < 1.29 is 31.5 Å². The summed E-state index contributed by atoms with van der Waals surface area (Å²) in [6, 6.07) is 7.09. The number of amides is 1. The van der Waals surface area contributed by atoms with E-state index in [0.29, 0.717) is 24.0 Å². The second-order valence-corrected chi connectivity index (χ2v) is 12.1. The number of nitrogens with zero attached hydrogens (tertiary/aromatic N) is 5. The molecule has 1 amide bonds. The first kappa shape index (κ1) is 32.6. The minimum atomic E-state index is -4.83. The second-order valence-electron chi connectivity index (χ2n) is 11.2. The molecule has 0 bridgehead atoms. The van der Waals surface area contributed by atoms with E-state index in [1.807, 2.05) is 0 Å². The zero-order valence-corrected chi connectivity index (χ0v) is 25.6. The van der Waals surface area contributed by atoms with Crippen LogP contribution in [0.2, 0.25) is 0 Å². The molecule has 2 aromatic heterocycles. The number of carbonyl (C=O) groups excluding carboxylic acids is 1. The average molecular weight is 655 g/mol. The average Bonchev–Trinajstić information content (AvgIpc) is 3.46. The lowest BCUT2D eigenvalue weighted by molar-refractivity contribution is -0.137. The van der Waals surface area contributed by atoms with Gasteiger partial charge in [0, 0.05) is 69.3 Å². The smallest absolute Gasteiger partial charge is 0.421 e. The van der Waals surface area contributed by atoms with Crippen LogP contribution in [-0.2, 0) is 6.18 Å². The van der Waals surface area contributed by atoms with Crippen LogP contribution in [0.5, 0.6) is 5.75 Å². The number of halogens is 5. The van der Waals surface area contributed by atoms with Gasteiger partial charge in [0.2, 0.25) is 5.95 Å². The fourth-order valence-corrected chi connectivity index (χ4v) is 6.41. The van der Waals surface area contributed by atoms with Crippen molar-refractivity contribution in [3.63, 3.8) is 0 Å². The Kier molecular flexibility index (Phi) is 9.94. The number of hydrogen-bond donors (Lipinski definition) is 3. The minimum absolute atomic E-state index is 0.0113. The van der Waals surface area contributed by atoms with Crippen LogP contribution in [0, 0.1) is 0 Å². The van der Waals surface area contributed by atoms with Gasteiger partial charge in [0.1, 0.15) is 16.3 Å². The molecule has 4 heterocycles. The van der Waals surface area contributed by atoms with Crippen LogP contribution >= 0.6 is 11.3 Å². The fraction of sp³-hybridized carbons (Fsp3) is 0.483. The molecule has 2 saturated heterocycles. The summed E-state index contributed by atoms with van der Waals surface area (Å²) in [5.74, 6) is -1.99. The summed E-state index contributed by atoms with van der Waals surface area (Å²) >= 11 is 0.953. The molecule has 2 fully saturated rings. The zero-order valence-electron chi connectivity index (χ0n) is 24.8. The Morgan fingerprint density at radius 1 is 1.04 bits per heavy atom. The van der Waals surface area contributed by atoms with Crippen LogP contribution in [0.15, 0.2) is 35.8 Å². The lowest BCUT2D eigenvalue weighted by atomic mass is 10.0. The van der Waals surface area contributed by atoms with E-state index < -0.39 is 30.1 Å². The van der Waals surface area contributed by atoms with Gasteiger partial charge >= 0.3 is 12.8 Å². The summed E-state index contributed by atoms with van der Waals surface area (Å²) < 4.78 is 72.9. The molecule has 1 aromatic carbocycles. The number of primary amides is 1. The summed E-state index contributed by atoms with van der Waals surface area (Å²) in [4.78, 5) is 26.5. The molecule has 0 atom stereocenters. The van der Waals surface area contributed by atoms with Crippen molar-refractivity contribution in [1.82, 2.24) is 19.8 Å². The molecule has 10 nitrogen and oxygen atoms in total. The maximum Gasteiger partial charge on any atom is 0.421 e. The van der Waals surface area contributed by atoms with Crippen LogP contribution in [-0.4, -0.2) is 83.6 Å². The summed E-state index contributed by atoms with van der Waals surface area (Å²) in [6.45, 7) is 6.89. The molecule has 2 aliphatic rings. The van der Waals surface area contributed by atoms with Crippen molar-refractivity contribution in [1.29, 1.82) is 0 Å². The molecule has 0 radical (unpaired) electrons. The van der Waals surface area contributed by atoms with E-state index in [9.17, 15) is 26.7 Å². The Bertz CT molecular complexity index is 1470. The van der Waals surface area contributed by atoms with Crippen molar-refractivity contribution in [3.8, 4) is 5.75 Å². The van der Waals surface area contributed by atoms with Gasteiger partial charge in [-0.2, -0.15) is 26.9 Å². The van der Waals surface area contributed by atoms with Crippen LogP contribution in [0.4, 0.5) is 50.8 Å². The van der Waals surface area contributed by atoms with E-state index in [1.165, 1.54) is 23.6 Å². The van der Waals surface area contributed by atoms with Gasteiger partial charge in [-0.15, -0.1) is 11.3 Å². The number of piperazine rings is 1. The Balaban J connectivity index is 1.32. The van der Waals surface area contributed by atoms with Gasteiger partial charge in [0.25, 0.3) is 5.91 Å². The third-order valence-corrected chi connectivity index (χ3v) is 9.02. The Morgan fingerprint density at radius 3 is 2.38 bits per heavy atom. The standard InChI is InChI=1S/C29H35F5N8O2S/c1-17(2)40-10-12-42(13-11-40)18-5-8-41(9-6-18)19-3-4-21(23(15-19)44-27(30)31)38-28-36-16-20(29(32,33)34)26(39-28)37-22-7-14-45-24(22)25(35)43/h3-4,7,14-18,27H,5-6,8-13H2,1-2H3,(H2,35,43)(H2,36,37,38,39). The van der Waals surface area contributed by atoms with Crippen molar-refractivity contribution in [2.24, 2.45) is 5.73 Å². The summed E-state index contributed by atoms with van der Waals surface area (Å²) in [6.07, 6.45) is -2.40. The molecule has 3 aromatic rings. The van der Waals surface area contributed by atoms with E-state index in [0.717, 1.165) is 63.4 Å². The number of ether oxygens (including phenoxy) is 1. The van der Waals surface area contributed by atoms with Crippen LogP contribution < -0.4 is 26.0 Å². The number of hydrogen-bond acceptors (Lipinski definition) is 10. The number of aromatic nitrogens is 2. The number of thiophene rings is 1. The van der Waals surface area contributed by atoms with E-state index in [2.05, 4.69) is 49.1 Å². The third-order valence-electron chi connectivity index (χ3n) is 8.09. The number of nitrogens with two attached hydrogens (primary N) is 1. The quantitative estimate of drug-likeness (QED) is 0.236. The molecule has 45 heavy (non-hydrogen) atoms. The fourth-order valence-electron chi connectivity index (χ4n) is 5.70. The number of rotatable bonds is 10. The highest BCUT2D eigenvalue weighted by Gasteiger charge is 2.36. The van der Waals surface area contributed by atoms with Gasteiger partial charge in [-0.3, -0.25) is 14.6 Å². The summed E-state index contributed by atoms with van der Waals surface area (Å²) in [5.41, 5.74) is 4.89. The molecule has 0 unspecified atom stereocenters. The number of anilines is 5. The monoisotopic (exact) mass is 654 g/mol. The second kappa shape index (κ2) is 13.7. The molecule has 0 aliphatic carbocycles. The summed E-state index contributed by atoms with van der Waals surface area (Å²) in [5, 5.41) is 6.69. The van der Waals surface area contributed by atoms with Crippen molar-refractivity contribution in [2.45, 2.75) is 51.6 Å². The van der Waals surface area contributed by atoms with E-state index >= 15 is 0 Å². The molecular formula is C29H35F5N8O2S. The zero-order chi connectivity index (χ0) is 32.3. The van der Waals surface area contributed by atoms with Crippen LogP contribution in [0.1, 0.15) is 41.9 Å². The first-order valence-electron chi connectivity index (χ1n) is 14.6. The normalized spacial score (nSPS) is 17.2. The van der Waals surface area contributed by atoms with E-state index in [-0.39, 0.29) is 27.9 Å². The van der Waals surface area contributed by atoms with Crippen molar-refractivity contribution in [3.05, 3.63) is 46.3 Å². The largest absolute Gasteiger partial charge is 0.433 e. The molecule has 4 N–H and O–H groups in total. The van der Waals surface area contributed by atoms with Gasteiger partial charge in [0.05, 0.1) is 11.4 Å². The van der Waals surface area contributed by atoms with Gasteiger partial charge in [-0.25, -0.2) is 4.98 Å². The highest BCUT2D eigenvalue weighted by molar-refractivity contribution is 7.12. The summed E-state index contributed by atoms with van der Waals surface area (Å²) in [7, 11) is 0. The Labute approximate surface area is 261 Å². The van der Waals surface area contributed by atoms with Crippen molar-refractivity contribution >= 4 is 46.1 Å². The lowest BCUT2D eigenvalue weighted by Crippen LogP contribution is -2.54. The van der Waals surface area contributed by atoms with E-state index in [1.54, 1.807) is 6.07 Å². The number of nitrogens with one attached hydrogen (secondary N) is 2. The lowest BCUT2D eigenvalue weighted by Gasteiger charge is -2.44. The van der Waals surface area contributed by atoms with Crippen molar-refractivity contribution in [2.75, 3.05) is 54.8 Å². The number of piperidine rings is 1. The highest BCUT2D eigenvalue weighted by atomic mass is 32.1. The molecule has 244 valence electrons. The third kappa shape index (κ3) is 7.91. The van der Waals surface area contributed by atoms with Crippen LogP contribution in [0.3, 0.4) is 0 Å². The SMILES string of the molecule is CC(C)N1CCN(C2CCN(c3ccc(Nc4ncc(C(F)(F)F)c(Nc5ccsc5C(N)=O)n4)c(OC(F)F)c3)CC2)CC1. The van der Waals surface area contributed by atoms with Crippen LogP contribution in [0.25, 0.3) is 0 Å².